The molecule has 0 fully saturated rings. The van der Waals surface area contributed by atoms with Crippen LogP contribution in [-0.2, 0) is 0 Å². The topological polar surface area (TPSA) is 20.2 Å². The van der Waals surface area contributed by atoms with Crippen molar-refractivity contribution in [3.05, 3.63) is 53.0 Å². The highest BCUT2D eigenvalue weighted by atomic mass is 32.2. The van der Waals surface area contributed by atoms with E-state index in [1.54, 1.807) is 11.8 Å². The number of benzene rings is 1. The summed E-state index contributed by atoms with van der Waals surface area (Å²) in [7, 11) is 0. The second-order valence-electron chi connectivity index (χ2n) is 4.92. The van der Waals surface area contributed by atoms with Crippen LogP contribution in [0.15, 0.2) is 57.9 Å². The van der Waals surface area contributed by atoms with Gasteiger partial charge in [0.05, 0.1) is 5.60 Å². The van der Waals surface area contributed by atoms with Gasteiger partial charge in [0.15, 0.2) is 0 Å². The van der Waals surface area contributed by atoms with Crippen molar-refractivity contribution in [2.45, 2.75) is 51.0 Å². The van der Waals surface area contributed by atoms with Crippen molar-refractivity contribution in [1.29, 1.82) is 0 Å². The molecule has 2 heteroatoms. The number of thioether (sulfide) groups is 1. The number of aliphatic hydroxyl groups is 1. The lowest BCUT2D eigenvalue weighted by Gasteiger charge is -2.20. The molecule has 1 aromatic carbocycles. The molecule has 1 aromatic rings. The van der Waals surface area contributed by atoms with E-state index in [2.05, 4.69) is 32.1 Å². The maximum absolute atomic E-state index is 10.3. The number of rotatable bonds is 6. The Kier molecular flexibility index (Phi) is 6.40. The maximum Gasteiger partial charge on any atom is 0.0825 e. The molecule has 0 aliphatic heterocycles. The van der Waals surface area contributed by atoms with Crippen LogP contribution in [0.1, 0.15) is 40.5 Å². The molecule has 0 amide bonds. The van der Waals surface area contributed by atoms with Gasteiger partial charge in [0.2, 0.25) is 0 Å². The smallest absolute Gasteiger partial charge is 0.0825 e. The highest BCUT2D eigenvalue weighted by Gasteiger charge is 2.17. The van der Waals surface area contributed by atoms with Gasteiger partial charge in [-0.15, -0.1) is 0 Å². The third kappa shape index (κ3) is 5.25. The van der Waals surface area contributed by atoms with E-state index in [1.165, 1.54) is 15.4 Å². The molecule has 0 radical (unpaired) electrons. The van der Waals surface area contributed by atoms with Crippen LogP contribution >= 0.6 is 11.8 Å². The van der Waals surface area contributed by atoms with Crippen LogP contribution in [0.4, 0.5) is 0 Å². The molecule has 0 bridgehead atoms. The van der Waals surface area contributed by atoms with Crippen molar-refractivity contribution in [3.8, 4) is 0 Å². The predicted molar refractivity (Wildman–Crippen MR) is 85.3 cm³/mol. The summed E-state index contributed by atoms with van der Waals surface area (Å²) in [5.74, 6) is 0. The average Bonchev–Trinajstić information content (AvgIpc) is 2.44. The molecule has 0 spiro atoms. The van der Waals surface area contributed by atoms with Crippen LogP contribution in [-0.4, -0.2) is 10.7 Å². The van der Waals surface area contributed by atoms with Crippen LogP contribution in [0.3, 0.4) is 0 Å². The van der Waals surface area contributed by atoms with Crippen molar-refractivity contribution >= 4 is 11.8 Å². The SMILES string of the molecule is CCC(O)(C=CC(Sc1ccccc1)=C(C)C)CC. The average molecular weight is 276 g/mol. The number of hydrogen-bond donors (Lipinski definition) is 1. The van der Waals surface area contributed by atoms with E-state index in [1.807, 2.05) is 38.1 Å². The summed E-state index contributed by atoms with van der Waals surface area (Å²) in [6.45, 7) is 8.24. The van der Waals surface area contributed by atoms with E-state index in [9.17, 15) is 5.11 Å². The summed E-state index contributed by atoms with van der Waals surface area (Å²) in [6.07, 6.45) is 5.48. The van der Waals surface area contributed by atoms with Crippen molar-refractivity contribution in [2.75, 3.05) is 0 Å². The van der Waals surface area contributed by atoms with Crippen molar-refractivity contribution in [1.82, 2.24) is 0 Å². The third-order valence-corrected chi connectivity index (χ3v) is 4.51. The second-order valence-corrected chi connectivity index (χ2v) is 6.04. The van der Waals surface area contributed by atoms with Gasteiger partial charge in [-0.2, -0.15) is 0 Å². The summed E-state index contributed by atoms with van der Waals surface area (Å²) >= 11 is 1.74. The first kappa shape index (κ1) is 16.1. The molecular weight excluding hydrogens is 252 g/mol. The van der Waals surface area contributed by atoms with E-state index in [-0.39, 0.29) is 0 Å². The van der Waals surface area contributed by atoms with Gasteiger partial charge in [0.25, 0.3) is 0 Å². The van der Waals surface area contributed by atoms with E-state index in [4.69, 9.17) is 0 Å². The zero-order valence-corrected chi connectivity index (χ0v) is 13.1. The predicted octanol–water partition coefficient (Wildman–Crippen LogP) is 5.18. The van der Waals surface area contributed by atoms with E-state index in [0.717, 1.165) is 12.8 Å². The van der Waals surface area contributed by atoms with Gasteiger partial charge >= 0.3 is 0 Å². The Morgan fingerprint density at radius 3 is 2.21 bits per heavy atom. The Labute approximate surface area is 121 Å². The van der Waals surface area contributed by atoms with Gasteiger partial charge in [-0.3, -0.25) is 0 Å². The molecule has 104 valence electrons. The number of hydrogen-bond acceptors (Lipinski definition) is 2. The molecule has 0 aliphatic carbocycles. The van der Waals surface area contributed by atoms with Crippen LogP contribution in [0, 0.1) is 0 Å². The monoisotopic (exact) mass is 276 g/mol. The van der Waals surface area contributed by atoms with Gasteiger partial charge in [0.1, 0.15) is 0 Å². The first-order valence-corrected chi connectivity index (χ1v) is 7.64. The molecule has 0 heterocycles. The van der Waals surface area contributed by atoms with Gasteiger partial charge in [-0.25, -0.2) is 0 Å². The minimum Gasteiger partial charge on any atom is -0.386 e. The highest BCUT2D eigenvalue weighted by Crippen LogP contribution is 2.30. The molecule has 1 rings (SSSR count). The van der Waals surface area contributed by atoms with Crippen molar-refractivity contribution in [3.63, 3.8) is 0 Å². The minimum absolute atomic E-state index is 0.683. The Morgan fingerprint density at radius 1 is 1.16 bits per heavy atom. The molecule has 1 N–H and O–H groups in total. The van der Waals surface area contributed by atoms with Gasteiger partial charge in [-0.1, -0.05) is 55.5 Å². The molecule has 0 aliphatic rings. The summed E-state index contributed by atoms with van der Waals surface area (Å²) in [4.78, 5) is 2.42. The van der Waals surface area contributed by atoms with E-state index < -0.39 is 5.60 Å². The maximum atomic E-state index is 10.3. The molecule has 0 saturated heterocycles. The Morgan fingerprint density at radius 2 is 1.74 bits per heavy atom. The molecule has 0 unspecified atom stereocenters. The first-order valence-electron chi connectivity index (χ1n) is 6.82. The van der Waals surface area contributed by atoms with Crippen molar-refractivity contribution < 1.29 is 5.11 Å². The Bertz CT molecular complexity index is 438. The minimum atomic E-state index is -0.683. The van der Waals surface area contributed by atoms with Gasteiger partial charge in [-0.05, 0) is 44.9 Å². The second kappa shape index (κ2) is 7.56. The quantitative estimate of drug-likeness (QED) is 0.570. The van der Waals surface area contributed by atoms with Gasteiger partial charge < -0.3 is 5.11 Å². The fourth-order valence-electron chi connectivity index (χ4n) is 1.63. The van der Waals surface area contributed by atoms with Crippen LogP contribution in [0.5, 0.6) is 0 Å². The lowest BCUT2D eigenvalue weighted by molar-refractivity contribution is 0.0828. The Balaban J connectivity index is 2.87. The summed E-state index contributed by atoms with van der Waals surface area (Å²) in [6, 6.07) is 10.3. The zero-order chi connectivity index (χ0) is 14.3. The third-order valence-electron chi connectivity index (χ3n) is 3.23. The fraction of sp³-hybridized carbons (Fsp3) is 0.412. The van der Waals surface area contributed by atoms with Crippen LogP contribution in [0.25, 0.3) is 0 Å². The lowest BCUT2D eigenvalue weighted by Crippen LogP contribution is -2.22. The summed E-state index contributed by atoms with van der Waals surface area (Å²) in [5.41, 5.74) is 0.581. The molecule has 19 heavy (non-hydrogen) atoms. The molecule has 0 atom stereocenters. The van der Waals surface area contributed by atoms with E-state index in [0.29, 0.717) is 0 Å². The molecule has 0 aromatic heterocycles. The highest BCUT2D eigenvalue weighted by molar-refractivity contribution is 8.03. The fourth-order valence-corrected chi connectivity index (χ4v) is 2.52. The molecule has 0 saturated carbocycles. The molecular formula is C17H24OS. The summed E-state index contributed by atoms with van der Waals surface area (Å²) in [5, 5.41) is 10.3. The standard InChI is InChI=1S/C17H24OS/c1-5-17(18,6-2)13-12-16(14(3)4)19-15-10-8-7-9-11-15/h7-13,18H,5-6H2,1-4H3. The largest absolute Gasteiger partial charge is 0.386 e. The Hall–Kier alpha value is -0.990. The molecule has 1 nitrogen and oxygen atoms in total. The first-order chi connectivity index (χ1) is 9.00. The van der Waals surface area contributed by atoms with E-state index >= 15 is 0 Å². The number of allylic oxidation sites excluding steroid dienone is 2. The summed E-state index contributed by atoms with van der Waals surface area (Å²) < 4.78 is 0. The zero-order valence-electron chi connectivity index (χ0n) is 12.3. The normalized spacial score (nSPS) is 11.8. The van der Waals surface area contributed by atoms with Crippen molar-refractivity contribution in [2.24, 2.45) is 0 Å². The van der Waals surface area contributed by atoms with Crippen LogP contribution in [0.2, 0.25) is 0 Å². The van der Waals surface area contributed by atoms with Gasteiger partial charge in [0, 0.05) is 9.80 Å². The lowest BCUT2D eigenvalue weighted by atomic mass is 9.97. The van der Waals surface area contributed by atoms with Crippen LogP contribution < -0.4 is 0 Å².